The molecule has 0 saturated carbocycles. The predicted molar refractivity (Wildman–Crippen MR) is 46.1 cm³/mol. The minimum atomic E-state index is -3.43. The van der Waals surface area contributed by atoms with Crippen molar-refractivity contribution in [1.29, 1.82) is 0 Å². The van der Waals surface area contributed by atoms with Crippen LogP contribution in [0.25, 0.3) is 0 Å². The van der Waals surface area contributed by atoms with Crippen molar-refractivity contribution >= 4 is 26.7 Å². The van der Waals surface area contributed by atoms with Gasteiger partial charge in [-0.3, -0.25) is 0 Å². The van der Waals surface area contributed by atoms with E-state index in [0.29, 0.717) is 0 Å². The van der Waals surface area contributed by atoms with Gasteiger partial charge < -0.3 is 0 Å². The zero-order chi connectivity index (χ0) is 9.19. The summed E-state index contributed by atoms with van der Waals surface area (Å²) < 4.78 is 25.6. The first kappa shape index (κ1) is 9.36. The highest BCUT2D eigenvalue weighted by Crippen LogP contribution is 2.10. The zero-order valence-electron chi connectivity index (χ0n) is 6.55. The lowest BCUT2D eigenvalue weighted by molar-refractivity contribution is 0.526. The van der Waals surface area contributed by atoms with Gasteiger partial charge in [0, 0.05) is 14.1 Å². The molecule has 8 heteroatoms. The largest absolute Gasteiger partial charge is 0.302 e. The fourth-order valence-corrected chi connectivity index (χ4v) is 1.66. The van der Waals surface area contributed by atoms with E-state index in [1.165, 1.54) is 19.6 Å². The second kappa shape index (κ2) is 3.33. The molecule has 1 rings (SSSR count). The van der Waals surface area contributed by atoms with Gasteiger partial charge in [0.25, 0.3) is 0 Å². The Bertz CT molecular complexity index is 330. The highest BCUT2D eigenvalue weighted by atomic mass is 32.2. The summed E-state index contributed by atoms with van der Waals surface area (Å²) in [4.78, 5) is 0. The van der Waals surface area contributed by atoms with Gasteiger partial charge in [-0.15, -0.1) is 10.2 Å². The molecule has 68 valence electrons. The third-order valence-electron chi connectivity index (χ3n) is 1.06. The molecule has 0 unspecified atom stereocenters. The minimum absolute atomic E-state index is 0.267. The van der Waals surface area contributed by atoms with Gasteiger partial charge in [0.2, 0.25) is 5.13 Å². The van der Waals surface area contributed by atoms with E-state index in [2.05, 4.69) is 14.9 Å². The summed E-state index contributed by atoms with van der Waals surface area (Å²) in [5, 5.41) is 7.29. The van der Waals surface area contributed by atoms with Crippen molar-refractivity contribution in [2.24, 2.45) is 0 Å². The first-order valence-electron chi connectivity index (χ1n) is 2.99. The van der Waals surface area contributed by atoms with Crippen LogP contribution in [0.2, 0.25) is 0 Å². The normalized spacial score (nSPS) is 11.9. The molecule has 6 nitrogen and oxygen atoms in total. The average Bonchev–Trinajstić information content (AvgIpc) is 2.38. The Morgan fingerprint density at radius 3 is 2.67 bits per heavy atom. The molecule has 0 aliphatic rings. The molecular formula is C4H8N4O2S2. The number of aromatic nitrogens is 2. The summed E-state index contributed by atoms with van der Waals surface area (Å²) in [7, 11) is -0.562. The molecule has 0 fully saturated rings. The molecule has 0 spiro atoms. The van der Waals surface area contributed by atoms with E-state index in [1.807, 2.05) is 0 Å². The van der Waals surface area contributed by atoms with Gasteiger partial charge in [0.05, 0.1) is 0 Å². The van der Waals surface area contributed by atoms with Crippen molar-refractivity contribution in [3.05, 3.63) is 5.51 Å². The molecule has 1 N–H and O–H groups in total. The van der Waals surface area contributed by atoms with Crippen LogP contribution in [0, 0.1) is 0 Å². The Kier molecular flexibility index (Phi) is 2.60. The molecule has 0 saturated heterocycles. The number of hydrogen-bond donors (Lipinski definition) is 1. The molecule has 0 atom stereocenters. The van der Waals surface area contributed by atoms with Gasteiger partial charge in [-0.1, -0.05) is 11.3 Å². The highest BCUT2D eigenvalue weighted by Gasteiger charge is 2.13. The molecule has 0 aromatic carbocycles. The van der Waals surface area contributed by atoms with Crippen molar-refractivity contribution in [1.82, 2.24) is 14.5 Å². The van der Waals surface area contributed by atoms with Crippen LogP contribution in [-0.2, 0) is 10.2 Å². The van der Waals surface area contributed by atoms with Crippen LogP contribution in [0.5, 0.6) is 0 Å². The van der Waals surface area contributed by atoms with Crippen LogP contribution < -0.4 is 4.72 Å². The van der Waals surface area contributed by atoms with Gasteiger partial charge in [-0.2, -0.15) is 12.7 Å². The van der Waals surface area contributed by atoms with Gasteiger partial charge >= 0.3 is 10.2 Å². The molecule has 12 heavy (non-hydrogen) atoms. The van der Waals surface area contributed by atoms with Gasteiger partial charge in [0.15, 0.2) is 0 Å². The second-order valence-corrected chi connectivity index (χ2v) is 4.85. The summed E-state index contributed by atoms with van der Waals surface area (Å²) in [5.41, 5.74) is 1.45. The Labute approximate surface area is 74.4 Å². The summed E-state index contributed by atoms with van der Waals surface area (Å²) >= 11 is 1.13. The van der Waals surface area contributed by atoms with Crippen molar-refractivity contribution < 1.29 is 8.42 Å². The first-order chi connectivity index (χ1) is 5.52. The lowest BCUT2D eigenvalue weighted by Gasteiger charge is -2.10. The Morgan fingerprint density at radius 2 is 2.25 bits per heavy atom. The number of nitrogens with zero attached hydrogens (tertiary/aromatic N) is 3. The summed E-state index contributed by atoms with van der Waals surface area (Å²) in [6.07, 6.45) is 0. The number of hydrogen-bond acceptors (Lipinski definition) is 5. The zero-order valence-corrected chi connectivity index (χ0v) is 8.18. The fourth-order valence-electron chi connectivity index (χ4n) is 0.419. The quantitative estimate of drug-likeness (QED) is 0.743. The summed E-state index contributed by atoms with van der Waals surface area (Å²) in [5.74, 6) is 0. The highest BCUT2D eigenvalue weighted by molar-refractivity contribution is 7.90. The molecule has 0 radical (unpaired) electrons. The smallest absolute Gasteiger partial charge is 0.244 e. The molecule has 1 heterocycles. The van der Waals surface area contributed by atoms with Crippen LogP contribution in [-0.4, -0.2) is 37.0 Å². The van der Waals surface area contributed by atoms with Crippen LogP contribution in [0.3, 0.4) is 0 Å². The van der Waals surface area contributed by atoms with Crippen LogP contribution in [0.15, 0.2) is 5.51 Å². The summed E-state index contributed by atoms with van der Waals surface area (Å²) in [6.45, 7) is 0. The van der Waals surface area contributed by atoms with Gasteiger partial charge in [0.1, 0.15) is 5.51 Å². The number of rotatable bonds is 3. The lowest BCUT2D eigenvalue weighted by atomic mass is 11.3. The van der Waals surface area contributed by atoms with Crippen molar-refractivity contribution in [3.8, 4) is 0 Å². The lowest BCUT2D eigenvalue weighted by Crippen LogP contribution is -2.28. The monoisotopic (exact) mass is 208 g/mol. The Hall–Kier alpha value is -0.730. The van der Waals surface area contributed by atoms with Crippen LogP contribution in [0.4, 0.5) is 5.13 Å². The first-order valence-corrected chi connectivity index (χ1v) is 5.31. The van der Waals surface area contributed by atoms with E-state index in [1.54, 1.807) is 0 Å². The fraction of sp³-hybridized carbons (Fsp3) is 0.500. The number of nitrogens with one attached hydrogen (secondary N) is 1. The van der Waals surface area contributed by atoms with Crippen molar-refractivity contribution in [2.45, 2.75) is 0 Å². The summed E-state index contributed by atoms with van der Waals surface area (Å²) in [6, 6.07) is 0. The van der Waals surface area contributed by atoms with E-state index in [-0.39, 0.29) is 5.13 Å². The molecular weight excluding hydrogens is 200 g/mol. The standard InChI is InChI=1S/C4H8N4O2S2/c1-8(2)12(9,10)7-4-6-5-3-11-4/h3H,1-2H3,(H,6,7). The molecule has 0 bridgehead atoms. The maximum Gasteiger partial charge on any atom is 0.302 e. The van der Waals surface area contributed by atoms with E-state index in [9.17, 15) is 8.42 Å². The van der Waals surface area contributed by atoms with E-state index >= 15 is 0 Å². The van der Waals surface area contributed by atoms with Gasteiger partial charge in [-0.05, 0) is 0 Å². The minimum Gasteiger partial charge on any atom is -0.244 e. The molecule has 1 aromatic heterocycles. The molecule has 0 aliphatic carbocycles. The second-order valence-electron chi connectivity index (χ2n) is 2.13. The molecule has 0 aliphatic heterocycles. The average molecular weight is 208 g/mol. The SMILES string of the molecule is CN(C)S(=O)(=O)Nc1nncs1. The maximum atomic E-state index is 11.2. The van der Waals surface area contributed by atoms with Crippen LogP contribution >= 0.6 is 11.3 Å². The third-order valence-corrected chi connectivity index (χ3v) is 3.21. The maximum absolute atomic E-state index is 11.2. The van der Waals surface area contributed by atoms with Crippen molar-refractivity contribution in [3.63, 3.8) is 0 Å². The van der Waals surface area contributed by atoms with Gasteiger partial charge in [-0.25, -0.2) is 4.72 Å². The predicted octanol–water partition coefficient (Wildman–Crippen LogP) is -0.244. The third kappa shape index (κ3) is 2.13. The van der Waals surface area contributed by atoms with Crippen LogP contribution in [0.1, 0.15) is 0 Å². The number of anilines is 1. The molecule has 0 amide bonds. The topological polar surface area (TPSA) is 75.2 Å². The van der Waals surface area contributed by atoms with E-state index in [0.717, 1.165) is 15.6 Å². The van der Waals surface area contributed by atoms with E-state index < -0.39 is 10.2 Å². The van der Waals surface area contributed by atoms with E-state index in [4.69, 9.17) is 0 Å². The molecule has 1 aromatic rings. The van der Waals surface area contributed by atoms with Crippen molar-refractivity contribution in [2.75, 3.05) is 18.8 Å². The Morgan fingerprint density at radius 1 is 1.58 bits per heavy atom. The Balaban J connectivity index is 2.77.